The van der Waals surface area contributed by atoms with Crippen LogP contribution in [0.25, 0.3) is 0 Å². The van der Waals surface area contributed by atoms with Crippen LogP contribution >= 0.6 is 11.6 Å². The van der Waals surface area contributed by atoms with Gasteiger partial charge in [-0.1, -0.05) is 17.7 Å². The fourth-order valence-corrected chi connectivity index (χ4v) is 4.02. The van der Waals surface area contributed by atoms with E-state index in [-0.39, 0.29) is 5.82 Å². The van der Waals surface area contributed by atoms with Crippen molar-refractivity contribution in [3.8, 4) is 0 Å². The maximum Gasteiger partial charge on any atom is 0.242 e. The molecule has 0 saturated carbocycles. The molecule has 0 bridgehead atoms. The highest BCUT2D eigenvalue weighted by Gasteiger charge is 2.24. The number of sulfonamides is 1. The normalized spacial score (nSPS) is 14.3. The molecule has 0 fully saturated rings. The second kappa shape index (κ2) is 6.35. The van der Waals surface area contributed by atoms with E-state index in [1.807, 2.05) is 6.07 Å². The minimum Gasteiger partial charge on any atom is -0.367 e. The van der Waals surface area contributed by atoms with Gasteiger partial charge in [-0.2, -0.15) is 0 Å². The maximum atomic E-state index is 13.2. The van der Waals surface area contributed by atoms with Crippen LogP contribution in [0.3, 0.4) is 0 Å². The van der Waals surface area contributed by atoms with Crippen molar-refractivity contribution in [3.05, 3.63) is 58.4 Å². The van der Waals surface area contributed by atoms with E-state index in [1.54, 1.807) is 18.2 Å². The minimum absolute atomic E-state index is 0.299. The average Bonchev–Trinajstić information content (AvgIpc) is 2.92. The topological polar surface area (TPSA) is 40.6 Å². The first kappa shape index (κ1) is 17.2. The highest BCUT2D eigenvalue weighted by Crippen LogP contribution is 2.33. The van der Waals surface area contributed by atoms with Crippen molar-refractivity contribution in [2.75, 3.05) is 25.5 Å². The summed E-state index contributed by atoms with van der Waals surface area (Å²) in [7, 11) is -0.396. The van der Waals surface area contributed by atoms with Gasteiger partial charge in [0.1, 0.15) is 5.82 Å². The molecule has 7 heteroatoms. The molecule has 0 amide bonds. The van der Waals surface area contributed by atoms with E-state index in [9.17, 15) is 12.8 Å². The molecule has 128 valence electrons. The molecule has 1 aliphatic heterocycles. The van der Waals surface area contributed by atoms with Crippen LogP contribution in [0.1, 0.15) is 11.1 Å². The molecule has 1 heterocycles. The van der Waals surface area contributed by atoms with Crippen LogP contribution in [-0.4, -0.2) is 33.4 Å². The van der Waals surface area contributed by atoms with Crippen molar-refractivity contribution in [2.45, 2.75) is 17.9 Å². The first-order valence-electron chi connectivity index (χ1n) is 7.53. The molecule has 4 nitrogen and oxygen atoms in total. The number of nitrogens with zero attached hydrogens (tertiary/aromatic N) is 2. The zero-order chi connectivity index (χ0) is 17.5. The quantitative estimate of drug-likeness (QED) is 0.831. The molecule has 1 aliphatic rings. The lowest BCUT2D eigenvalue weighted by atomic mass is 10.1. The van der Waals surface area contributed by atoms with Crippen molar-refractivity contribution in [1.29, 1.82) is 0 Å². The van der Waals surface area contributed by atoms with Gasteiger partial charge in [0.25, 0.3) is 0 Å². The molecule has 0 aliphatic carbocycles. The predicted octanol–water partition coefficient (Wildman–Crippen LogP) is 3.29. The van der Waals surface area contributed by atoms with Gasteiger partial charge >= 0.3 is 0 Å². The third-order valence-electron chi connectivity index (χ3n) is 4.20. The fraction of sp³-hybridized carbons (Fsp3) is 0.294. The minimum atomic E-state index is -3.43. The van der Waals surface area contributed by atoms with Crippen LogP contribution in [0.5, 0.6) is 0 Å². The first-order chi connectivity index (χ1) is 11.3. The summed E-state index contributed by atoms with van der Waals surface area (Å²) in [5.74, 6) is -0.357. The molecule has 0 radical (unpaired) electrons. The van der Waals surface area contributed by atoms with Gasteiger partial charge in [-0.3, -0.25) is 0 Å². The van der Waals surface area contributed by atoms with Gasteiger partial charge in [-0.05, 0) is 47.9 Å². The number of rotatable bonds is 4. The van der Waals surface area contributed by atoms with E-state index in [4.69, 9.17) is 11.6 Å². The van der Waals surface area contributed by atoms with Crippen LogP contribution in [0.4, 0.5) is 10.1 Å². The molecule has 3 rings (SSSR count). The molecule has 2 aromatic rings. The highest BCUT2D eigenvalue weighted by atomic mass is 35.5. The largest absolute Gasteiger partial charge is 0.367 e. The van der Waals surface area contributed by atoms with E-state index in [1.165, 1.54) is 30.5 Å². The van der Waals surface area contributed by atoms with Crippen molar-refractivity contribution in [1.82, 2.24) is 4.31 Å². The monoisotopic (exact) mass is 368 g/mol. The molecule has 0 spiro atoms. The van der Waals surface area contributed by atoms with Gasteiger partial charge in [-0.15, -0.1) is 0 Å². The molecule has 0 unspecified atom stereocenters. The smallest absolute Gasteiger partial charge is 0.242 e. The second-order valence-electron chi connectivity index (χ2n) is 5.99. The molecule has 0 N–H and O–H groups in total. The number of fused-ring (bicyclic) bond motifs is 1. The predicted molar refractivity (Wildman–Crippen MR) is 93.5 cm³/mol. The van der Waals surface area contributed by atoms with E-state index in [0.717, 1.165) is 29.8 Å². The summed E-state index contributed by atoms with van der Waals surface area (Å²) in [4.78, 5) is 2.42. The van der Waals surface area contributed by atoms with E-state index < -0.39 is 10.0 Å². The summed E-state index contributed by atoms with van der Waals surface area (Å²) in [6, 6.07) is 9.57. The third-order valence-corrected chi connectivity index (χ3v) is 6.36. The standard InChI is InChI=1S/C17H18ClFN2O2S/c1-20(2)24(22,23)15-5-6-17-12(9-15)7-8-21(17)11-13-3-4-14(19)10-16(13)18/h3-6,9-10H,7-8,11H2,1-2H3. The van der Waals surface area contributed by atoms with Gasteiger partial charge in [0.2, 0.25) is 10.0 Å². The van der Waals surface area contributed by atoms with Gasteiger partial charge < -0.3 is 4.90 Å². The van der Waals surface area contributed by atoms with Gasteiger partial charge in [-0.25, -0.2) is 17.1 Å². The number of anilines is 1. The first-order valence-corrected chi connectivity index (χ1v) is 9.35. The molecule has 0 saturated heterocycles. The van der Waals surface area contributed by atoms with Crippen LogP contribution in [0.15, 0.2) is 41.3 Å². The van der Waals surface area contributed by atoms with Crippen LogP contribution < -0.4 is 4.90 Å². The van der Waals surface area contributed by atoms with E-state index in [0.29, 0.717) is 16.5 Å². The van der Waals surface area contributed by atoms with Crippen molar-refractivity contribution in [3.63, 3.8) is 0 Å². The number of benzene rings is 2. The second-order valence-corrected chi connectivity index (χ2v) is 8.54. The van der Waals surface area contributed by atoms with Crippen molar-refractivity contribution in [2.24, 2.45) is 0 Å². The maximum absolute atomic E-state index is 13.2. The van der Waals surface area contributed by atoms with Gasteiger partial charge in [0.15, 0.2) is 0 Å². The molecule has 2 aromatic carbocycles. The summed E-state index contributed by atoms with van der Waals surface area (Å²) >= 11 is 6.10. The summed E-state index contributed by atoms with van der Waals surface area (Å²) in [6.07, 6.45) is 0.769. The Balaban J connectivity index is 1.88. The number of hydrogen-bond acceptors (Lipinski definition) is 3. The lowest BCUT2D eigenvalue weighted by molar-refractivity contribution is 0.520. The summed E-state index contributed by atoms with van der Waals surface area (Å²) in [5, 5.41) is 0.398. The molecule has 24 heavy (non-hydrogen) atoms. The molecule has 0 atom stereocenters. The van der Waals surface area contributed by atoms with E-state index in [2.05, 4.69) is 4.90 Å². The lowest BCUT2D eigenvalue weighted by Crippen LogP contribution is -2.22. The van der Waals surface area contributed by atoms with Crippen LogP contribution in [-0.2, 0) is 23.0 Å². The van der Waals surface area contributed by atoms with Gasteiger partial charge in [0.05, 0.1) is 4.90 Å². The number of hydrogen-bond donors (Lipinski definition) is 0. The Bertz CT molecular complexity index is 884. The summed E-state index contributed by atoms with van der Waals surface area (Å²) in [6.45, 7) is 1.33. The highest BCUT2D eigenvalue weighted by molar-refractivity contribution is 7.89. The molecular weight excluding hydrogens is 351 g/mol. The summed E-state index contributed by atoms with van der Waals surface area (Å²) in [5.41, 5.74) is 2.83. The zero-order valence-electron chi connectivity index (χ0n) is 13.5. The Morgan fingerprint density at radius 1 is 1.21 bits per heavy atom. The summed E-state index contributed by atoms with van der Waals surface area (Å²) < 4.78 is 38.9. The Morgan fingerprint density at radius 2 is 1.96 bits per heavy atom. The van der Waals surface area contributed by atoms with E-state index >= 15 is 0 Å². The molecular formula is C17H18ClFN2O2S. The zero-order valence-corrected chi connectivity index (χ0v) is 15.0. The average molecular weight is 369 g/mol. The van der Waals surface area contributed by atoms with Crippen molar-refractivity contribution >= 4 is 27.3 Å². The Hall–Kier alpha value is -1.63. The lowest BCUT2D eigenvalue weighted by Gasteiger charge is -2.20. The Kier molecular flexibility index (Phi) is 4.55. The number of halogens is 2. The van der Waals surface area contributed by atoms with Gasteiger partial charge in [0, 0.05) is 37.9 Å². The van der Waals surface area contributed by atoms with Crippen LogP contribution in [0.2, 0.25) is 5.02 Å². The third kappa shape index (κ3) is 3.14. The van der Waals surface area contributed by atoms with Crippen LogP contribution in [0, 0.1) is 5.82 Å². The van der Waals surface area contributed by atoms with Crippen molar-refractivity contribution < 1.29 is 12.8 Å². The fourth-order valence-electron chi connectivity index (χ4n) is 2.84. The Labute approximate surface area is 146 Å². The SMILES string of the molecule is CN(C)S(=O)(=O)c1ccc2c(c1)CCN2Cc1ccc(F)cc1Cl. The Morgan fingerprint density at radius 3 is 2.62 bits per heavy atom. The molecule has 0 aromatic heterocycles.